The molecule has 1 saturated heterocycles. The molecule has 0 radical (unpaired) electrons. The molecular weight excluding hydrogens is 232 g/mol. The quantitative estimate of drug-likeness (QED) is 0.896. The van der Waals surface area contributed by atoms with E-state index in [9.17, 15) is 0 Å². The lowest BCUT2D eigenvalue weighted by molar-refractivity contribution is 0.131. The van der Waals surface area contributed by atoms with Crippen molar-refractivity contribution in [3.63, 3.8) is 0 Å². The van der Waals surface area contributed by atoms with Gasteiger partial charge >= 0.3 is 0 Å². The van der Waals surface area contributed by atoms with Crippen molar-refractivity contribution in [3.05, 3.63) is 24.2 Å². The largest absolute Gasteiger partial charge is 0.468 e. The third-order valence-electron chi connectivity index (χ3n) is 3.54. The third-order valence-corrected chi connectivity index (χ3v) is 4.67. The van der Waals surface area contributed by atoms with Crippen LogP contribution in [0.15, 0.2) is 22.8 Å². The van der Waals surface area contributed by atoms with E-state index in [-0.39, 0.29) is 12.1 Å². The molecule has 4 heteroatoms. The van der Waals surface area contributed by atoms with E-state index in [1.165, 1.54) is 12.8 Å². The van der Waals surface area contributed by atoms with Gasteiger partial charge in [-0.3, -0.25) is 4.90 Å². The summed E-state index contributed by atoms with van der Waals surface area (Å²) in [6.45, 7) is 4.31. The molecule has 1 aromatic rings. The first-order chi connectivity index (χ1) is 8.22. The van der Waals surface area contributed by atoms with Crippen LogP contribution in [0.25, 0.3) is 0 Å². The maximum absolute atomic E-state index is 6.12. The molecule has 2 heterocycles. The summed E-state index contributed by atoms with van der Waals surface area (Å²) in [5.74, 6) is 1.00. The normalized spacial score (nSPS) is 22.5. The Hall–Kier alpha value is -0.450. The van der Waals surface area contributed by atoms with Gasteiger partial charge in [0.2, 0.25) is 0 Å². The number of rotatable bonds is 4. The van der Waals surface area contributed by atoms with E-state index in [0.29, 0.717) is 0 Å². The summed E-state index contributed by atoms with van der Waals surface area (Å²) in [7, 11) is 0. The second-order valence-electron chi connectivity index (χ2n) is 4.79. The van der Waals surface area contributed by atoms with Crippen LogP contribution < -0.4 is 5.73 Å². The first kappa shape index (κ1) is 13.0. The molecule has 1 fully saturated rings. The fourth-order valence-corrected chi connectivity index (χ4v) is 3.30. The van der Waals surface area contributed by atoms with Crippen LogP contribution in [0.4, 0.5) is 0 Å². The van der Waals surface area contributed by atoms with Gasteiger partial charge in [0.25, 0.3) is 0 Å². The highest BCUT2D eigenvalue weighted by atomic mass is 32.2. The first-order valence-electron chi connectivity index (χ1n) is 6.28. The van der Waals surface area contributed by atoms with Crippen molar-refractivity contribution in [2.24, 2.45) is 5.73 Å². The standard InChI is InChI=1S/C13H22N2OS/c1-10(14)13(12-4-3-9-16-12)15-7-5-11(17-2)6-8-15/h3-4,9-11,13H,5-8,14H2,1-2H3. The Morgan fingerprint density at radius 3 is 2.65 bits per heavy atom. The van der Waals surface area contributed by atoms with Crippen LogP contribution in [0.1, 0.15) is 31.6 Å². The van der Waals surface area contributed by atoms with Gasteiger partial charge in [0, 0.05) is 11.3 Å². The second kappa shape index (κ2) is 5.94. The van der Waals surface area contributed by atoms with Gasteiger partial charge in [-0.2, -0.15) is 11.8 Å². The highest BCUT2D eigenvalue weighted by Gasteiger charge is 2.29. The van der Waals surface area contributed by atoms with Crippen molar-refractivity contribution in [2.75, 3.05) is 19.3 Å². The van der Waals surface area contributed by atoms with Gasteiger partial charge in [0.1, 0.15) is 5.76 Å². The van der Waals surface area contributed by atoms with E-state index in [1.54, 1.807) is 6.26 Å². The fraction of sp³-hybridized carbons (Fsp3) is 0.692. The molecule has 1 aromatic heterocycles. The van der Waals surface area contributed by atoms with Crippen LogP contribution in [0, 0.1) is 0 Å². The number of nitrogens with two attached hydrogens (primary N) is 1. The SMILES string of the molecule is CSC1CCN(C(c2ccco2)C(C)N)CC1. The number of nitrogens with zero attached hydrogens (tertiary/aromatic N) is 1. The summed E-state index contributed by atoms with van der Waals surface area (Å²) in [6.07, 6.45) is 6.45. The molecular formula is C13H22N2OS. The van der Waals surface area contributed by atoms with E-state index in [1.807, 2.05) is 23.9 Å². The van der Waals surface area contributed by atoms with Crippen LogP contribution >= 0.6 is 11.8 Å². The Morgan fingerprint density at radius 2 is 2.18 bits per heavy atom. The second-order valence-corrected chi connectivity index (χ2v) is 5.93. The number of hydrogen-bond acceptors (Lipinski definition) is 4. The molecule has 1 aliphatic heterocycles. The molecule has 17 heavy (non-hydrogen) atoms. The van der Waals surface area contributed by atoms with E-state index in [2.05, 4.69) is 18.1 Å². The van der Waals surface area contributed by atoms with Crippen LogP contribution in [0.2, 0.25) is 0 Å². The predicted octanol–water partition coefficient (Wildman–Crippen LogP) is 2.50. The maximum atomic E-state index is 6.12. The minimum atomic E-state index is 0.104. The molecule has 2 unspecified atom stereocenters. The van der Waals surface area contributed by atoms with Crippen LogP contribution in [-0.4, -0.2) is 35.5 Å². The van der Waals surface area contributed by atoms with Crippen molar-refractivity contribution >= 4 is 11.8 Å². The van der Waals surface area contributed by atoms with E-state index in [4.69, 9.17) is 10.2 Å². The Balaban J connectivity index is 2.03. The molecule has 2 N–H and O–H groups in total. The van der Waals surface area contributed by atoms with Crippen LogP contribution in [0.3, 0.4) is 0 Å². The van der Waals surface area contributed by atoms with Crippen molar-refractivity contribution in [1.29, 1.82) is 0 Å². The van der Waals surface area contributed by atoms with Crippen LogP contribution in [0.5, 0.6) is 0 Å². The topological polar surface area (TPSA) is 42.4 Å². The smallest absolute Gasteiger partial charge is 0.122 e. The molecule has 2 atom stereocenters. The zero-order chi connectivity index (χ0) is 12.3. The lowest BCUT2D eigenvalue weighted by atomic mass is 10.0. The van der Waals surface area contributed by atoms with Crippen molar-refractivity contribution < 1.29 is 4.42 Å². The van der Waals surface area contributed by atoms with Gasteiger partial charge in [-0.15, -0.1) is 0 Å². The number of thioether (sulfide) groups is 1. The first-order valence-corrected chi connectivity index (χ1v) is 7.57. The zero-order valence-electron chi connectivity index (χ0n) is 10.6. The Bertz CT molecular complexity index is 318. The number of furan rings is 1. The Morgan fingerprint density at radius 1 is 1.47 bits per heavy atom. The molecule has 96 valence electrons. The Labute approximate surface area is 108 Å². The van der Waals surface area contributed by atoms with Gasteiger partial charge in [-0.25, -0.2) is 0 Å². The molecule has 0 aliphatic carbocycles. The monoisotopic (exact) mass is 254 g/mol. The molecule has 0 spiro atoms. The van der Waals surface area contributed by atoms with E-state index in [0.717, 1.165) is 24.1 Å². The number of piperidine rings is 1. The van der Waals surface area contributed by atoms with Gasteiger partial charge in [-0.1, -0.05) is 0 Å². The van der Waals surface area contributed by atoms with Gasteiger partial charge < -0.3 is 10.2 Å². The van der Waals surface area contributed by atoms with Gasteiger partial charge in [0.15, 0.2) is 0 Å². The number of likely N-dealkylation sites (tertiary alicyclic amines) is 1. The molecule has 0 aromatic carbocycles. The van der Waals surface area contributed by atoms with Gasteiger partial charge in [-0.05, 0) is 51.2 Å². The molecule has 2 rings (SSSR count). The lowest BCUT2D eigenvalue weighted by Crippen LogP contribution is -2.44. The molecule has 0 amide bonds. The Kier molecular flexibility index (Phi) is 4.54. The fourth-order valence-electron chi connectivity index (χ4n) is 2.62. The maximum Gasteiger partial charge on any atom is 0.122 e. The van der Waals surface area contributed by atoms with E-state index < -0.39 is 0 Å². The van der Waals surface area contributed by atoms with Crippen LogP contribution in [-0.2, 0) is 0 Å². The highest BCUT2D eigenvalue weighted by Crippen LogP contribution is 2.29. The summed E-state index contributed by atoms with van der Waals surface area (Å²) in [4.78, 5) is 2.47. The number of hydrogen-bond donors (Lipinski definition) is 1. The molecule has 0 bridgehead atoms. The molecule has 3 nitrogen and oxygen atoms in total. The average molecular weight is 254 g/mol. The minimum absolute atomic E-state index is 0.104. The predicted molar refractivity (Wildman–Crippen MR) is 73.2 cm³/mol. The van der Waals surface area contributed by atoms with Gasteiger partial charge in [0.05, 0.1) is 12.3 Å². The molecule has 1 aliphatic rings. The minimum Gasteiger partial charge on any atom is -0.468 e. The summed E-state index contributed by atoms with van der Waals surface area (Å²) in [5.41, 5.74) is 6.12. The van der Waals surface area contributed by atoms with Crippen molar-refractivity contribution in [1.82, 2.24) is 4.90 Å². The van der Waals surface area contributed by atoms with Crippen molar-refractivity contribution in [3.8, 4) is 0 Å². The summed E-state index contributed by atoms with van der Waals surface area (Å²) >= 11 is 1.98. The zero-order valence-corrected chi connectivity index (χ0v) is 11.5. The average Bonchev–Trinajstić information content (AvgIpc) is 2.83. The summed E-state index contributed by atoms with van der Waals surface area (Å²) in [6, 6.07) is 4.31. The molecule has 0 saturated carbocycles. The highest BCUT2D eigenvalue weighted by molar-refractivity contribution is 7.99. The summed E-state index contributed by atoms with van der Waals surface area (Å²) in [5, 5.41) is 0.816. The third kappa shape index (κ3) is 3.06. The summed E-state index contributed by atoms with van der Waals surface area (Å²) < 4.78 is 5.54. The lowest BCUT2D eigenvalue weighted by Gasteiger charge is -2.37. The van der Waals surface area contributed by atoms with E-state index >= 15 is 0 Å². The van der Waals surface area contributed by atoms with Crippen molar-refractivity contribution in [2.45, 2.75) is 37.1 Å².